The average Bonchev–Trinajstić information content (AvgIpc) is 2.27. The van der Waals surface area contributed by atoms with E-state index in [0.717, 1.165) is 12.1 Å². The number of rotatable bonds is 5. The Labute approximate surface area is 106 Å². The first kappa shape index (κ1) is 13.5. The van der Waals surface area contributed by atoms with Gasteiger partial charge in [0.15, 0.2) is 0 Å². The van der Waals surface area contributed by atoms with Gasteiger partial charge >= 0.3 is 0 Å². The highest BCUT2D eigenvalue weighted by molar-refractivity contribution is 7.80. The van der Waals surface area contributed by atoms with Crippen molar-refractivity contribution in [3.8, 4) is 0 Å². The number of hydrogen-bond acceptors (Lipinski definition) is 4. The Kier molecular flexibility index (Phi) is 4.96. The van der Waals surface area contributed by atoms with Crippen molar-refractivity contribution in [3.63, 3.8) is 0 Å². The number of hydrogen-bond donors (Lipinski definition) is 2. The topological polar surface area (TPSA) is 80.9 Å². The number of amides is 1. The van der Waals surface area contributed by atoms with Gasteiger partial charge in [0.05, 0.1) is 21.9 Å². The summed E-state index contributed by atoms with van der Waals surface area (Å²) in [5.41, 5.74) is 7.28. The van der Waals surface area contributed by atoms with Crippen LogP contribution >= 0.6 is 12.2 Å². The molecule has 0 aromatic carbocycles. The van der Waals surface area contributed by atoms with Gasteiger partial charge in [-0.15, -0.1) is 0 Å². The lowest BCUT2D eigenvalue weighted by molar-refractivity contribution is 0.0952. The van der Waals surface area contributed by atoms with Crippen LogP contribution in [-0.2, 0) is 0 Å². The summed E-state index contributed by atoms with van der Waals surface area (Å²) in [5.74, 6) is -0.136. The van der Waals surface area contributed by atoms with E-state index >= 15 is 0 Å². The van der Waals surface area contributed by atoms with Gasteiger partial charge in [-0.25, -0.2) is 0 Å². The third kappa shape index (κ3) is 4.44. The third-order valence-corrected chi connectivity index (χ3v) is 2.44. The van der Waals surface area contributed by atoms with E-state index < -0.39 is 0 Å². The Hall–Kier alpha value is -1.56. The van der Waals surface area contributed by atoms with Crippen molar-refractivity contribution < 1.29 is 4.79 Å². The maximum Gasteiger partial charge on any atom is 0.253 e. The number of thiocarbonyl (C=S) groups is 1. The van der Waals surface area contributed by atoms with E-state index in [1.807, 2.05) is 0 Å². The van der Waals surface area contributed by atoms with E-state index in [2.05, 4.69) is 15.5 Å². The Morgan fingerprint density at radius 2 is 2.18 bits per heavy atom. The number of aromatic nitrogens is 2. The lowest BCUT2D eigenvalue weighted by Crippen LogP contribution is -2.26. The Morgan fingerprint density at radius 1 is 1.47 bits per heavy atom. The van der Waals surface area contributed by atoms with Crippen molar-refractivity contribution >= 4 is 23.1 Å². The normalized spacial score (nSPS) is 10.0. The molecule has 1 aromatic rings. The molecule has 0 bridgehead atoms. The predicted molar refractivity (Wildman–Crippen MR) is 69.9 cm³/mol. The van der Waals surface area contributed by atoms with Gasteiger partial charge in [0.2, 0.25) is 0 Å². The van der Waals surface area contributed by atoms with E-state index in [1.165, 1.54) is 0 Å². The minimum atomic E-state index is -0.136. The van der Waals surface area contributed by atoms with Crippen LogP contribution in [0.4, 0.5) is 0 Å². The molecule has 0 aliphatic carbocycles. The summed E-state index contributed by atoms with van der Waals surface area (Å²) in [6.45, 7) is 4.11. The van der Waals surface area contributed by atoms with Crippen LogP contribution in [0.2, 0.25) is 0 Å². The zero-order valence-corrected chi connectivity index (χ0v) is 10.8. The van der Waals surface area contributed by atoms with Gasteiger partial charge in [0.25, 0.3) is 5.91 Å². The molecule has 1 amide bonds. The quantitative estimate of drug-likeness (QED) is 0.601. The van der Waals surface area contributed by atoms with Crippen molar-refractivity contribution in [1.82, 2.24) is 15.5 Å². The monoisotopic (exact) mass is 252 g/mol. The minimum Gasteiger partial charge on any atom is -0.393 e. The summed E-state index contributed by atoms with van der Waals surface area (Å²) in [6.07, 6.45) is 1.39. The molecule has 1 heterocycles. The number of nitrogens with zero attached hydrogens (tertiary/aromatic N) is 2. The van der Waals surface area contributed by atoms with Gasteiger partial charge in [0, 0.05) is 6.54 Å². The summed E-state index contributed by atoms with van der Waals surface area (Å²) in [6, 6.07) is 1.73. The van der Waals surface area contributed by atoms with E-state index in [9.17, 15) is 4.79 Å². The zero-order valence-electron chi connectivity index (χ0n) is 9.99. The Morgan fingerprint density at radius 3 is 2.82 bits per heavy atom. The average molecular weight is 252 g/mol. The molecule has 0 saturated carbocycles. The van der Waals surface area contributed by atoms with Crippen molar-refractivity contribution in [2.24, 2.45) is 5.73 Å². The van der Waals surface area contributed by atoms with Crippen LogP contribution in [0.1, 0.15) is 34.6 Å². The van der Waals surface area contributed by atoms with Crippen LogP contribution in [0, 0.1) is 13.8 Å². The fraction of sp³-hybridized carbons (Fsp3) is 0.455. The lowest BCUT2D eigenvalue weighted by atomic mass is 10.2. The molecule has 0 radical (unpaired) electrons. The van der Waals surface area contributed by atoms with E-state index in [1.54, 1.807) is 19.9 Å². The first-order valence-corrected chi connectivity index (χ1v) is 5.79. The number of carbonyl (C=O) groups excluding carboxylic acids is 1. The van der Waals surface area contributed by atoms with E-state index in [-0.39, 0.29) is 5.91 Å². The molecule has 6 heteroatoms. The van der Waals surface area contributed by atoms with Gasteiger partial charge in [-0.1, -0.05) is 12.2 Å². The van der Waals surface area contributed by atoms with Crippen molar-refractivity contribution in [2.45, 2.75) is 26.7 Å². The molecule has 1 rings (SSSR count). The summed E-state index contributed by atoms with van der Waals surface area (Å²) in [5, 5.41) is 10.6. The van der Waals surface area contributed by atoms with Gasteiger partial charge < -0.3 is 11.1 Å². The highest BCUT2D eigenvalue weighted by atomic mass is 32.1. The van der Waals surface area contributed by atoms with Crippen LogP contribution < -0.4 is 11.1 Å². The van der Waals surface area contributed by atoms with Crippen LogP contribution in [0.15, 0.2) is 6.07 Å². The molecule has 0 fully saturated rings. The maximum absolute atomic E-state index is 11.8. The molecule has 92 valence electrons. The zero-order chi connectivity index (χ0) is 12.8. The van der Waals surface area contributed by atoms with Crippen LogP contribution in [0.25, 0.3) is 0 Å². The number of nitrogens with two attached hydrogens (primary N) is 1. The molecule has 0 aliphatic rings. The summed E-state index contributed by atoms with van der Waals surface area (Å²) in [7, 11) is 0. The second-order valence-corrected chi connectivity index (χ2v) is 4.33. The molecular weight excluding hydrogens is 236 g/mol. The second kappa shape index (κ2) is 6.24. The molecule has 0 atom stereocenters. The second-order valence-electron chi connectivity index (χ2n) is 3.81. The molecule has 5 nitrogen and oxygen atoms in total. The van der Waals surface area contributed by atoms with Crippen LogP contribution in [0.3, 0.4) is 0 Å². The third-order valence-electron chi connectivity index (χ3n) is 2.23. The first-order valence-electron chi connectivity index (χ1n) is 5.38. The number of carbonyl (C=O) groups is 1. The van der Waals surface area contributed by atoms with E-state index in [4.69, 9.17) is 18.0 Å². The van der Waals surface area contributed by atoms with Crippen molar-refractivity contribution in [3.05, 3.63) is 23.0 Å². The van der Waals surface area contributed by atoms with Gasteiger partial charge in [-0.2, -0.15) is 10.2 Å². The fourth-order valence-corrected chi connectivity index (χ4v) is 1.48. The SMILES string of the molecule is Cc1cc(C(=O)NCCCC(N)=S)c(C)nn1. The Balaban J connectivity index is 2.52. The highest BCUT2D eigenvalue weighted by Gasteiger charge is 2.10. The summed E-state index contributed by atoms with van der Waals surface area (Å²) >= 11 is 4.75. The Bertz CT molecular complexity index is 433. The minimum absolute atomic E-state index is 0.136. The summed E-state index contributed by atoms with van der Waals surface area (Å²) < 4.78 is 0. The smallest absolute Gasteiger partial charge is 0.253 e. The molecule has 3 N–H and O–H groups in total. The molecule has 1 aromatic heterocycles. The van der Waals surface area contributed by atoms with Gasteiger partial charge in [0.1, 0.15) is 0 Å². The molecule has 17 heavy (non-hydrogen) atoms. The first-order chi connectivity index (χ1) is 8.00. The van der Waals surface area contributed by atoms with Crippen molar-refractivity contribution in [1.29, 1.82) is 0 Å². The fourth-order valence-electron chi connectivity index (χ4n) is 1.34. The number of aryl methyl sites for hydroxylation is 2. The summed E-state index contributed by atoms with van der Waals surface area (Å²) in [4.78, 5) is 12.3. The highest BCUT2D eigenvalue weighted by Crippen LogP contribution is 2.04. The molecule has 0 saturated heterocycles. The number of nitrogens with one attached hydrogen (secondary N) is 1. The predicted octanol–water partition coefficient (Wildman–Crippen LogP) is 0.890. The molecule has 0 aliphatic heterocycles. The molecule has 0 spiro atoms. The lowest BCUT2D eigenvalue weighted by Gasteiger charge is -2.06. The maximum atomic E-state index is 11.8. The van der Waals surface area contributed by atoms with Gasteiger partial charge in [-0.3, -0.25) is 4.79 Å². The molecule has 0 unspecified atom stereocenters. The van der Waals surface area contributed by atoms with Crippen LogP contribution in [-0.4, -0.2) is 27.6 Å². The van der Waals surface area contributed by atoms with Crippen molar-refractivity contribution in [2.75, 3.05) is 6.54 Å². The molecular formula is C11H16N4OS. The van der Waals surface area contributed by atoms with Gasteiger partial charge in [-0.05, 0) is 32.8 Å². The van der Waals surface area contributed by atoms with Crippen LogP contribution in [0.5, 0.6) is 0 Å². The standard InChI is InChI=1S/C11H16N4OS/c1-7-6-9(8(2)15-14-7)11(16)13-5-3-4-10(12)17/h6H,3-5H2,1-2H3,(H2,12,17)(H,13,16). The van der Waals surface area contributed by atoms with E-state index in [0.29, 0.717) is 29.2 Å². The largest absolute Gasteiger partial charge is 0.393 e.